The van der Waals surface area contributed by atoms with E-state index in [0.29, 0.717) is 60.2 Å². The lowest BCUT2D eigenvalue weighted by atomic mass is 10.1. The second-order valence-corrected chi connectivity index (χ2v) is 12.2. The number of hydrogen-bond donors (Lipinski definition) is 1. The lowest BCUT2D eigenvalue weighted by Crippen LogP contribution is -2.49. The Morgan fingerprint density at radius 1 is 1.05 bits per heavy atom. The lowest BCUT2D eigenvalue weighted by Gasteiger charge is -2.34. The second kappa shape index (κ2) is 13.7. The van der Waals surface area contributed by atoms with Crippen molar-refractivity contribution in [2.45, 2.75) is 26.9 Å². The Kier molecular flexibility index (Phi) is 9.74. The summed E-state index contributed by atoms with van der Waals surface area (Å²) < 4.78 is 19.6. The molecule has 12 heteroatoms. The molecule has 4 aromatic rings. The Morgan fingerprint density at radius 3 is 2.56 bits per heavy atom. The number of halogens is 1. The number of primary amides is 1. The maximum atomic E-state index is 12.3. The van der Waals surface area contributed by atoms with Crippen LogP contribution in [0.4, 0.5) is 4.79 Å². The highest BCUT2D eigenvalue weighted by Gasteiger charge is 2.24. The molecule has 0 radical (unpaired) electrons. The van der Waals surface area contributed by atoms with Crippen LogP contribution in [0.1, 0.15) is 42.1 Å². The molecule has 0 aliphatic carbocycles. The van der Waals surface area contributed by atoms with Crippen LogP contribution in [0.15, 0.2) is 54.9 Å². The molecule has 1 aliphatic heterocycles. The Hall–Kier alpha value is -3.80. The predicted molar refractivity (Wildman–Crippen MR) is 168 cm³/mol. The molecule has 3 heterocycles. The van der Waals surface area contributed by atoms with Crippen molar-refractivity contribution in [3.8, 4) is 16.5 Å². The van der Waals surface area contributed by atoms with Crippen molar-refractivity contribution >= 4 is 46.0 Å². The highest BCUT2D eigenvalue weighted by atomic mass is 35.5. The van der Waals surface area contributed by atoms with Gasteiger partial charge in [-0.25, -0.2) is 9.78 Å². The van der Waals surface area contributed by atoms with Gasteiger partial charge in [0, 0.05) is 44.4 Å². The van der Waals surface area contributed by atoms with Crippen LogP contribution in [-0.2, 0) is 4.74 Å². The van der Waals surface area contributed by atoms with Crippen LogP contribution in [0.5, 0.6) is 11.5 Å². The first kappa shape index (κ1) is 30.7. The smallest absolute Gasteiger partial charge is 0.409 e. The number of carbonyl (C=O) groups is 2. The van der Waals surface area contributed by atoms with Gasteiger partial charge in [-0.15, -0.1) is 11.3 Å². The van der Waals surface area contributed by atoms with Crippen molar-refractivity contribution in [2.24, 2.45) is 11.7 Å². The van der Waals surface area contributed by atoms with Crippen molar-refractivity contribution in [3.05, 3.63) is 70.3 Å². The molecule has 2 aromatic heterocycles. The number of benzene rings is 2. The topological polar surface area (TPSA) is 112 Å². The van der Waals surface area contributed by atoms with Gasteiger partial charge in [0.15, 0.2) is 0 Å². The van der Waals surface area contributed by atoms with E-state index in [9.17, 15) is 9.59 Å². The summed E-state index contributed by atoms with van der Waals surface area (Å²) in [6.07, 6.45) is 0.981. The van der Waals surface area contributed by atoms with Crippen LogP contribution in [0.2, 0.25) is 5.02 Å². The molecule has 43 heavy (non-hydrogen) atoms. The number of thiophene rings is 1. The molecule has 1 saturated heterocycles. The Morgan fingerprint density at radius 2 is 1.81 bits per heavy atom. The zero-order chi connectivity index (χ0) is 30.5. The normalized spacial score (nSPS) is 14.7. The summed E-state index contributed by atoms with van der Waals surface area (Å²) in [5.41, 5.74) is 8.20. The molecule has 2 aromatic carbocycles. The average molecular weight is 626 g/mol. The largest absolute Gasteiger partial charge is 0.491 e. The lowest BCUT2D eigenvalue weighted by molar-refractivity contribution is 0.0660. The number of ether oxygens (including phenoxy) is 3. The molecule has 0 spiro atoms. The molecule has 1 atom stereocenters. The maximum Gasteiger partial charge on any atom is 0.409 e. The minimum absolute atomic E-state index is 0.249. The minimum Gasteiger partial charge on any atom is -0.491 e. The Labute approximate surface area is 259 Å². The number of fused-ring (bicyclic) bond motifs is 1. The first-order valence-electron chi connectivity index (χ1n) is 14.3. The minimum atomic E-state index is -0.570. The van der Waals surface area contributed by atoms with Crippen molar-refractivity contribution < 1.29 is 23.8 Å². The van der Waals surface area contributed by atoms with Crippen LogP contribution >= 0.6 is 22.9 Å². The number of nitrogens with two attached hydrogens (primary N) is 1. The van der Waals surface area contributed by atoms with Crippen LogP contribution < -0.4 is 15.2 Å². The van der Waals surface area contributed by atoms with E-state index in [4.69, 9.17) is 31.5 Å². The summed E-state index contributed by atoms with van der Waals surface area (Å²) in [5, 5.41) is 1.21. The van der Waals surface area contributed by atoms with E-state index in [1.54, 1.807) is 17.3 Å². The molecule has 0 bridgehead atoms. The summed E-state index contributed by atoms with van der Waals surface area (Å²) in [6.45, 7) is 10.2. The van der Waals surface area contributed by atoms with Crippen LogP contribution in [0.3, 0.4) is 0 Å². The summed E-state index contributed by atoms with van der Waals surface area (Å²) in [7, 11) is 0. The number of aromatic nitrogens is 2. The van der Waals surface area contributed by atoms with Gasteiger partial charge in [0.1, 0.15) is 40.4 Å². The fraction of sp³-hybridized carbons (Fsp3) is 0.387. The molecular weight excluding hydrogens is 590 g/mol. The van der Waals surface area contributed by atoms with E-state index in [1.807, 2.05) is 67.8 Å². The van der Waals surface area contributed by atoms with Gasteiger partial charge in [-0.2, -0.15) is 0 Å². The third kappa shape index (κ3) is 7.23. The van der Waals surface area contributed by atoms with E-state index in [-0.39, 0.29) is 6.09 Å². The summed E-state index contributed by atoms with van der Waals surface area (Å²) in [6, 6.07) is 15.1. The summed E-state index contributed by atoms with van der Waals surface area (Å²) >= 11 is 8.02. The second-order valence-electron chi connectivity index (χ2n) is 10.8. The van der Waals surface area contributed by atoms with Gasteiger partial charge >= 0.3 is 6.09 Å². The molecule has 0 unspecified atom stereocenters. The summed E-state index contributed by atoms with van der Waals surface area (Å²) in [5.74, 6) is 0.676. The molecule has 2 N–H and O–H groups in total. The Balaban J connectivity index is 1.19. The number of hydrogen-bond acceptors (Lipinski definition) is 8. The number of rotatable bonds is 11. The Bertz CT molecular complexity index is 1580. The quantitative estimate of drug-likeness (QED) is 0.225. The number of carbonyl (C=O) groups excluding carboxylic acids is 2. The highest BCUT2D eigenvalue weighted by Crippen LogP contribution is 2.38. The van der Waals surface area contributed by atoms with E-state index < -0.39 is 12.0 Å². The van der Waals surface area contributed by atoms with Crippen molar-refractivity contribution in [1.29, 1.82) is 0 Å². The standard InChI is InChI=1S/C31H36ClN5O5S/c1-20(2)18-41-31(39)36-13-11-35(12-14-36)15-16-40-25-10-6-7-22(28(25)32)21(3)42-26-17-27(43-29(26)30(33)38)37-19-34-23-8-4-5-9-24(23)37/h4-10,17,19-21H,11-16,18H2,1-3H3,(H2,33,38)/t21-/m1/s1. The molecular formula is C31H36ClN5O5S. The van der Waals surface area contributed by atoms with Crippen molar-refractivity contribution in [2.75, 3.05) is 45.9 Å². The molecule has 5 rings (SSSR count). The zero-order valence-electron chi connectivity index (χ0n) is 24.5. The van der Waals surface area contributed by atoms with E-state index in [2.05, 4.69) is 9.88 Å². The number of piperazine rings is 1. The van der Waals surface area contributed by atoms with Gasteiger partial charge in [0.25, 0.3) is 5.91 Å². The number of para-hydroxylation sites is 2. The monoisotopic (exact) mass is 625 g/mol. The molecule has 1 fully saturated rings. The van der Waals surface area contributed by atoms with Gasteiger partial charge in [0.2, 0.25) is 0 Å². The third-order valence-electron chi connectivity index (χ3n) is 7.17. The predicted octanol–water partition coefficient (Wildman–Crippen LogP) is 5.77. The van der Waals surface area contributed by atoms with Gasteiger partial charge in [-0.3, -0.25) is 14.3 Å². The molecule has 0 saturated carbocycles. The van der Waals surface area contributed by atoms with Crippen molar-refractivity contribution in [1.82, 2.24) is 19.4 Å². The van der Waals surface area contributed by atoms with E-state index in [1.165, 1.54) is 11.3 Å². The van der Waals surface area contributed by atoms with Gasteiger partial charge in [-0.1, -0.05) is 49.7 Å². The molecule has 1 aliphatic rings. The van der Waals surface area contributed by atoms with Gasteiger partial charge < -0.3 is 24.8 Å². The first-order valence-corrected chi connectivity index (χ1v) is 15.5. The fourth-order valence-corrected chi connectivity index (χ4v) is 6.11. The van der Waals surface area contributed by atoms with E-state index in [0.717, 1.165) is 34.7 Å². The number of imidazole rings is 1. The SMILES string of the molecule is CC(C)COC(=O)N1CCN(CCOc2cccc([C@@H](C)Oc3cc(-n4cnc5ccccc54)sc3C(N)=O)c2Cl)CC1. The van der Waals surface area contributed by atoms with E-state index >= 15 is 0 Å². The van der Waals surface area contributed by atoms with Gasteiger partial charge in [0.05, 0.1) is 22.7 Å². The maximum absolute atomic E-state index is 12.3. The molecule has 2 amide bonds. The average Bonchev–Trinajstić information content (AvgIpc) is 3.61. The molecule has 228 valence electrons. The first-order chi connectivity index (χ1) is 20.7. The number of nitrogens with zero attached hydrogens (tertiary/aromatic N) is 4. The number of amides is 2. The summed E-state index contributed by atoms with van der Waals surface area (Å²) in [4.78, 5) is 33.3. The third-order valence-corrected chi connectivity index (χ3v) is 8.71. The van der Waals surface area contributed by atoms with Crippen LogP contribution in [0.25, 0.3) is 16.0 Å². The van der Waals surface area contributed by atoms with Crippen LogP contribution in [0, 0.1) is 5.92 Å². The zero-order valence-corrected chi connectivity index (χ0v) is 26.1. The molecule has 10 nitrogen and oxygen atoms in total. The fourth-order valence-electron chi connectivity index (χ4n) is 4.85. The van der Waals surface area contributed by atoms with Gasteiger partial charge in [-0.05, 0) is 31.0 Å². The van der Waals surface area contributed by atoms with Crippen molar-refractivity contribution in [3.63, 3.8) is 0 Å². The van der Waals surface area contributed by atoms with Crippen LogP contribution in [-0.4, -0.2) is 77.3 Å². The highest BCUT2D eigenvalue weighted by molar-refractivity contribution is 7.16.